The maximum atomic E-state index is 8.58. The average molecular weight is 196 g/mol. The van der Waals surface area contributed by atoms with Crippen LogP contribution in [0.25, 0.3) is 0 Å². The van der Waals surface area contributed by atoms with E-state index in [9.17, 15) is 0 Å². The molecule has 0 saturated carbocycles. The molecule has 3 heteroatoms. The van der Waals surface area contributed by atoms with Crippen molar-refractivity contribution in [3.05, 3.63) is 24.0 Å². The summed E-state index contributed by atoms with van der Waals surface area (Å²) in [5.74, 6) is 0. The average Bonchev–Trinajstić information content (AvgIpc) is 2.58. The first-order valence-electron chi connectivity index (χ1n) is 5.25. The molecule has 1 aromatic rings. The van der Waals surface area contributed by atoms with E-state index >= 15 is 0 Å². The number of nitrogens with one attached hydrogen (secondary N) is 1. The predicted octanol–water partition coefficient (Wildman–Crippen LogP) is 1.28. The Labute approximate surface area is 85.7 Å². The number of hydrogen-bond donors (Lipinski definition) is 2. The third kappa shape index (κ3) is 4.44. The van der Waals surface area contributed by atoms with Crippen molar-refractivity contribution in [1.29, 1.82) is 0 Å². The van der Waals surface area contributed by atoms with Gasteiger partial charge in [0.05, 0.1) is 0 Å². The normalized spacial score (nSPS) is 10.7. The summed E-state index contributed by atoms with van der Waals surface area (Å²) in [6.07, 6.45) is 7.36. The van der Waals surface area contributed by atoms with Gasteiger partial charge in [0.1, 0.15) is 0 Å². The lowest BCUT2D eigenvalue weighted by molar-refractivity contribution is 0.283. The molecule has 3 nitrogen and oxygen atoms in total. The number of aromatic nitrogens is 1. The van der Waals surface area contributed by atoms with Gasteiger partial charge in [-0.3, -0.25) is 0 Å². The lowest BCUT2D eigenvalue weighted by Gasteiger charge is -2.02. The molecule has 0 bridgehead atoms. The standard InChI is InChI=1S/C11H20N2O/c1-13-7-5-11(10-13)9-12-6-3-2-4-8-14/h5,7,10,12,14H,2-4,6,8-9H2,1H3. The van der Waals surface area contributed by atoms with Crippen LogP contribution in [0.3, 0.4) is 0 Å². The quantitative estimate of drug-likeness (QED) is 0.645. The first kappa shape index (κ1) is 11.3. The van der Waals surface area contributed by atoms with Crippen LogP contribution >= 0.6 is 0 Å². The summed E-state index contributed by atoms with van der Waals surface area (Å²) in [6.45, 7) is 2.30. The number of aliphatic hydroxyl groups is 1. The molecule has 1 heterocycles. The lowest BCUT2D eigenvalue weighted by Crippen LogP contribution is -2.14. The Balaban J connectivity index is 1.99. The monoisotopic (exact) mass is 196 g/mol. The van der Waals surface area contributed by atoms with Crippen molar-refractivity contribution in [2.24, 2.45) is 7.05 Å². The largest absolute Gasteiger partial charge is 0.396 e. The molecule has 0 aromatic carbocycles. The SMILES string of the molecule is Cn1ccc(CNCCCCCO)c1. The zero-order valence-corrected chi connectivity index (χ0v) is 8.87. The van der Waals surface area contributed by atoms with Gasteiger partial charge in [-0.1, -0.05) is 0 Å². The summed E-state index contributed by atoms with van der Waals surface area (Å²) >= 11 is 0. The molecular weight excluding hydrogens is 176 g/mol. The second-order valence-electron chi connectivity index (χ2n) is 3.65. The van der Waals surface area contributed by atoms with Crippen molar-refractivity contribution in [1.82, 2.24) is 9.88 Å². The van der Waals surface area contributed by atoms with Crippen molar-refractivity contribution in [2.75, 3.05) is 13.2 Å². The van der Waals surface area contributed by atoms with Crippen LogP contribution in [-0.2, 0) is 13.6 Å². The Morgan fingerprint density at radius 3 is 2.86 bits per heavy atom. The first-order chi connectivity index (χ1) is 6.83. The molecule has 0 fully saturated rings. The molecule has 0 spiro atoms. The summed E-state index contributed by atoms with van der Waals surface area (Å²) in [6, 6.07) is 2.13. The van der Waals surface area contributed by atoms with Crippen LogP contribution in [0.5, 0.6) is 0 Å². The molecule has 0 aliphatic heterocycles. The number of rotatable bonds is 7. The summed E-state index contributed by atoms with van der Waals surface area (Å²) in [5, 5.41) is 12.0. The van der Waals surface area contributed by atoms with Crippen LogP contribution < -0.4 is 5.32 Å². The number of aliphatic hydroxyl groups excluding tert-OH is 1. The predicted molar refractivity (Wildman–Crippen MR) is 58.1 cm³/mol. The second kappa shape index (κ2) is 6.62. The van der Waals surface area contributed by atoms with E-state index in [0.717, 1.165) is 32.4 Å². The highest BCUT2D eigenvalue weighted by molar-refractivity contribution is 5.09. The minimum absolute atomic E-state index is 0.318. The molecule has 80 valence electrons. The maximum Gasteiger partial charge on any atom is 0.0431 e. The maximum absolute atomic E-state index is 8.58. The molecule has 0 atom stereocenters. The van der Waals surface area contributed by atoms with E-state index in [1.54, 1.807) is 0 Å². The summed E-state index contributed by atoms with van der Waals surface area (Å²) in [5.41, 5.74) is 1.33. The van der Waals surface area contributed by atoms with Crippen LogP contribution in [0, 0.1) is 0 Å². The van der Waals surface area contributed by atoms with Crippen molar-refractivity contribution < 1.29 is 5.11 Å². The molecule has 1 rings (SSSR count). The second-order valence-corrected chi connectivity index (χ2v) is 3.65. The Morgan fingerprint density at radius 1 is 1.36 bits per heavy atom. The highest BCUT2D eigenvalue weighted by Gasteiger charge is 1.93. The molecule has 0 unspecified atom stereocenters. The van der Waals surface area contributed by atoms with Crippen molar-refractivity contribution in [3.8, 4) is 0 Å². The molecule has 0 saturated heterocycles. The molecule has 0 amide bonds. The van der Waals surface area contributed by atoms with Gasteiger partial charge in [-0.25, -0.2) is 0 Å². The van der Waals surface area contributed by atoms with E-state index in [1.165, 1.54) is 5.56 Å². The van der Waals surface area contributed by atoms with E-state index < -0.39 is 0 Å². The van der Waals surface area contributed by atoms with Gasteiger partial charge in [0.15, 0.2) is 0 Å². The van der Waals surface area contributed by atoms with Gasteiger partial charge in [0.25, 0.3) is 0 Å². The zero-order valence-electron chi connectivity index (χ0n) is 8.87. The summed E-state index contributed by atoms with van der Waals surface area (Å²) in [4.78, 5) is 0. The Bertz CT molecular complexity index is 245. The van der Waals surface area contributed by atoms with Gasteiger partial charge in [0.2, 0.25) is 0 Å². The van der Waals surface area contributed by atoms with Crippen LogP contribution in [0.1, 0.15) is 24.8 Å². The molecule has 0 aliphatic rings. The highest BCUT2D eigenvalue weighted by atomic mass is 16.2. The van der Waals surface area contributed by atoms with E-state index in [1.807, 2.05) is 7.05 Å². The van der Waals surface area contributed by atoms with Crippen molar-refractivity contribution >= 4 is 0 Å². The van der Waals surface area contributed by atoms with Crippen LogP contribution in [0.4, 0.5) is 0 Å². The van der Waals surface area contributed by atoms with Gasteiger partial charge in [-0.2, -0.15) is 0 Å². The molecule has 2 N–H and O–H groups in total. The van der Waals surface area contributed by atoms with E-state index in [-0.39, 0.29) is 0 Å². The van der Waals surface area contributed by atoms with E-state index in [2.05, 4.69) is 28.3 Å². The number of nitrogens with zero attached hydrogens (tertiary/aromatic N) is 1. The topological polar surface area (TPSA) is 37.2 Å². The lowest BCUT2D eigenvalue weighted by atomic mass is 10.2. The minimum Gasteiger partial charge on any atom is -0.396 e. The van der Waals surface area contributed by atoms with E-state index in [0.29, 0.717) is 6.61 Å². The van der Waals surface area contributed by atoms with Crippen LogP contribution in [0.2, 0.25) is 0 Å². The van der Waals surface area contributed by atoms with Crippen LogP contribution in [-0.4, -0.2) is 22.8 Å². The summed E-state index contributed by atoms with van der Waals surface area (Å²) in [7, 11) is 2.03. The first-order valence-corrected chi connectivity index (χ1v) is 5.25. The number of aryl methyl sites for hydroxylation is 1. The Hall–Kier alpha value is -0.800. The van der Waals surface area contributed by atoms with Gasteiger partial charge >= 0.3 is 0 Å². The van der Waals surface area contributed by atoms with Crippen LogP contribution in [0.15, 0.2) is 18.5 Å². The fourth-order valence-corrected chi connectivity index (χ4v) is 1.44. The smallest absolute Gasteiger partial charge is 0.0431 e. The molecule has 0 aliphatic carbocycles. The third-order valence-corrected chi connectivity index (χ3v) is 2.23. The van der Waals surface area contributed by atoms with Gasteiger partial charge < -0.3 is 15.0 Å². The van der Waals surface area contributed by atoms with Gasteiger partial charge in [0, 0.05) is 32.6 Å². The third-order valence-electron chi connectivity index (χ3n) is 2.23. The number of unbranched alkanes of at least 4 members (excludes halogenated alkanes) is 2. The Morgan fingerprint density at radius 2 is 2.21 bits per heavy atom. The fourth-order valence-electron chi connectivity index (χ4n) is 1.44. The molecular formula is C11H20N2O. The Kier molecular flexibility index (Phi) is 5.33. The van der Waals surface area contributed by atoms with E-state index in [4.69, 9.17) is 5.11 Å². The molecule has 0 radical (unpaired) electrons. The molecule has 1 aromatic heterocycles. The zero-order chi connectivity index (χ0) is 10.2. The number of hydrogen-bond acceptors (Lipinski definition) is 2. The minimum atomic E-state index is 0.318. The van der Waals surface area contributed by atoms with Crippen molar-refractivity contribution in [2.45, 2.75) is 25.8 Å². The van der Waals surface area contributed by atoms with Crippen molar-refractivity contribution in [3.63, 3.8) is 0 Å². The van der Waals surface area contributed by atoms with Gasteiger partial charge in [-0.05, 0) is 37.4 Å². The fraction of sp³-hybridized carbons (Fsp3) is 0.636. The van der Waals surface area contributed by atoms with Gasteiger partial charge in [-0.15, -0.1) is 0 Å². The summed E-state index contributed by atoms with van der Waals surface area (Å²) < 4.78 is 2.06. The highest BCUT2D eigenvalue weighted by Crippen LogP contribution is 1.99. The molecule has 14 heavy (non-hydrogen) atoms.